The molecule has 1 atom stereocenters. The SMILES string of the molecule is CCCC[C@H](NS(=O)(=O)c1ccc(Br)s1)C(=O)O. The van der Waals surface area contributed by atoms with Crippen LogP contribution in [-0.2, 0) is 14.8 Å². The van der Waals surface area contributed by atoms with E-state index in [0.29, 0.717) is 10.2 Å². The monoisotopic (exact) mass is 355 g/mol. The molecular formula is C10H14BrNO4S2. The summed E-state index contributed by atoms with van der Waals surface area (Å²) in [5, 5.41) is 8.98. The third-order valence-corrected chi connectivity index (χ3v) is 5.84. The number of hydrogen-bond donors (Lipinski definition) is 2. The summed E-state index contributed by atoms with van der Waals surface area (Å²) in [6.45, 7) is 1.92. The lowest BCUT2D eigenvalue weighted by atomic mass is 10.1. The molecule has 18 heavy (non-hydrogen) atoms. The van der Waals surface area contributed by atoms with E-state index in [1.54, 1.807) is 6.07 Å². The van der Waals surface area contributed by atoms with Crippen molar-refractivity contribution in [1.29, 1.82) is 0 Å². The predicted molar refractivity (Wildman–Crippen MR) is 73.3 cm³/mol. The first kappa shape index (κ1) is 15.6. The van der Waals surface area contributed by atoms with E-state index in [0.717, 1.165) is 17.8 Å². The number of rotatable bonds is 7. The molecule has 0 fully saturated rings. The molecule has 1 aromatic rings. The highest BCUT2D eigenvalue weighted by atomic mass is 79.9. The Morgan fingerprint density at radius 2 is 2.22 bits per heavy atom. The molecule has 1 rings (SSSR count). The molecule has 0 saturated carbocycles. The number of thiophene rings is 1. The summed E-state index contributed by atoms with van der Waals surface area (Å²) in [5.74, 6) is -1.15. The minimum absolute atomic E-state index is 0.108. The van der Waals surface area contributed by atoms with E-state index in [-0.39, 0.29) is 10.6 Å². The molecule has 0 amide bonds. The van der Waals surface area contributed by atoms with Crippen molar-refractivity contribution in [2.24, 2.45) is 0 Å². The molecule has 0 saturated heterocycles. The third kappa shape index (κ3) is 4.34. The largest absolute Gasteiger partial charge is 0.480 e. The van der Waals surface area contributed by atoms with E-state index in [9.17, 15) is 13.2 Å². The van der Waals surface area contributed by atoms with Crippen LogP contribution in [0.2, 0.25) is 0 Å². The molecule has 0 spiro atoms. The maximum absolute atomic E-state index is 11.9. The van der Waals surface area contributed by atoms with Crippen LogP contribution in [0.25, 0.3) is 0 Å². The molecule has 0 aliphatic rings. The molecule has 0 radical (unpaired) electrons. The first-order chi connectivity index (χ1) is 8.36. The van der Waals surface area contributed by atoms with Gasteiger partial charge >= 0.3 is 5.97 Å². The van der Waals surface area contributed by atoms with E-state index in [1.165, 1.54) is 6.07 Å². The Hall–Kier alpha value is -0.440. The number of aliphatic carboxylic acids is 1. The minimum Gasteiger partial charge on any atom is -0.480 e. The zero-order valence-electron chi connectivity index (χ0n) is 9.72. The summed E-state index contributed by atoms with van der Waals surface area (Å²) in [5.41, 5.74) is 0. The third-order valence-electron chi connectivity index (χ3n) is 2.26. The minimum atomic E-state index is -3.76. The molecule has 0 aromatic carbocycles. The Kier molecular flexibility index (Phi) is 5.77. The van der Waals surface area contributed by atoms with Crippen molar-refractivity contribution in [2.45, 2.75) is 36.4 Å². The smallest absolute Gasteiger partial charge is 0.321 e. The van der Waals surface area contributed by atoms with Gasteiger partial charge in [-0.05, 0) is 34.5 Å². The Labute approximate surface area is 118 Å². The van der Waals surface area contributed by atoms with Gasteiger partial charge in [0.25, 0.3) is 10.0 Å². The van der Waals surface area contributed by atoms with Crippen LogP contribution < -0.4 is 4.72 Å². The van der Waals surface area contributed by atoms with Crippen molar-refractivity contribution in [3.05, 3.63) is 15.9 Å². The van der Waals surface area contributed by atoms with Gasteiger partial charge in [0.2, 0.25) is 0 Å². The van der Waals surface area contributed by atoms with E-state index >= 15 is 0 Å². The van der Waals surface area contributed by atoms with Gasteiger partial charge < -0.3 is 5.11 Å². The maximum Gasteiger partial charge on any atom is 0.321 e. The summed E-state index contributed by atoms with van der Waals surface area (Å²) in [6.07, 6.45) is 1.77. The van der Waals surface area contributed by atoms with E-state index in [2.05, 4.69) is 20.7 Å². The second-order valence-corrected chi connectivity index (χ2v) is 8.12. The van der Waals surface area contributed by atoms with Crippen molar-refractivity contribution in [3.63, 3.8) is 0 Å². The van der Waals surface area contributed by atoms with Crippen LogP contribution in [0.3, 0.4) is 0 Å². The summed E-state index contributed by atoms with van der Waals surface area (Å²) < 4.78 is 26.9. The Bertz CT molecular complexity index is 512. The standard InChI is InChI=1S/C10H14BrNO4S2/c1-2-3-4-7(10(13)14)12-18(15,16)9-6-5-8(11)17-9/h5-7,12H,2-4H2,1H3,(H,13,14)/t7-/m0/s1. The van der Waals surface area contributed by atoms with Gasteiger partial charge in [0, 0.05) is 0 Å². The average molecular weight is 356 g/mol. The van der Waals surface area contributed by atoms with Crippen LogP contribution in [0, 0.1) is 0 Å². The highest BCUT2D eigenvalue weighted by Crippen LogP contribution is 2.26. The summed E-state index contributed by atoms with van der Waals surface area (Å²) in [6, 6.07) is 1.98. The van der Waals surface area contributed by atoms with Crippen molar-refractivity contribution < 1.29 is 18.3 Å². The quantitative estimate of drug-likeness (QED) is 0.786. The molecule has 8 heteroatoms. The van der Waals surface area contributed by atoms with Gasteiger partial charge in [0.05, 0.1) is 3.79 Å². The second kappa shape index (κ2) is 6.65. The van der Waals surface area contributed by atoms with Crippen LogP contribution >= 0.6 is 27.3 Å². The number of sulfonamides is 1. The van der Waals surface area contributed by atoms with Crippen molar-refractivity contribution in [3.8, 4) is 0 Å². The molecule has 0 aliphatic heterocycles. The highest BCUT2D eigenvalue weighted by molar-refractivity contribution is 9.11. The molecule has 0 bridgehead atoms. The predicted octanol–water partition coefficient (Wildman–Crippen LogP) is 2.43. The number of halogens is 1. The van der Waals surface area contributed by atoms with E-state index in [4.69, 9.17) is 5.11 Å². The first-order valence-electron chi connectivity index (χ1n) is 5.37. The molecule has 1 aromatic heterocycles. The normalized spacial score (nSPS) is 13.4. The second-order valence-electron chi connectivity index (χ2n) is 3.71. The molecular weight excluding hydrogens is 342 g/mol. The number of unbranched alkanes of at least 4 members (excludes halogenated alkanes) is 1. The fourth-order valence-electron chi connectivity index (χ4n) is 1.33. The summed E-state index contributed by atoms with van der Waals surface area (Å²) >= 11 is 4.22. The van der Waals surface area contributed by atoms with Gasteiger partial charge in [0.15, 0.2) is 0 Å². The fourth-order valence-corrected chi connectivity index (χ4v) is 4.58. The van der Waals surface area contributed by atoms with Gasteiger partial charge in [-0.25, -0.2) is 8.42 Å². The van der Waals surface area contributed by atoms with E-state index in [1.807, 2.05) is 6.92 Å². The number of hydrogen-bond acceptors (Lipinski definition) is 4. The van der Waals surface area contributed by atoms with Crippen molar-refractivity contribution in [1.82, 2.24) is 4.72 Å². The number of carboxylic acids is 1. The van der Waals surface area contributed by atoms with Crippen LogP contribution in [-0.4, -0.2) is 25.5 Å². The molecule has 5 nitrogen and oxygen atoms in total. The Morgan fingerprint density at radius 3 is 2.67 bits per heavy atom. The zero-order chi connectivity index (χ0) is 13.8. The summed E-state index contributed by atoms with van der Waals surface area (Å²) in [7, 11) is -3.76. The van der Waals surface area contributed by atoms with Gasteiger partial charge in [-0.1, -0.05) is 19.8 Å². The molecule has 102 valence electrons. The number of carboxylic acid groups (broad SMARTS) is 1. The zero-order valence-corrected chi connectivity index (χ0v) is 12.9. The highest BCUT2D eigenvalue weighted by Gasteiger charge is 2.25. The maximum atomic E-state index is 11.9. The molecule has 2 N–H and O–H groups in total. The van der Waals surface area contributed by atoms with Gasteiger partial charge in [-0.3, -0.25) is 4.79 Å². The molecule has 0 unspecified atom stereocenters. The summed E-state index contributed by atoms with van der Waals surface area (Å²) in [4.78, 5) is 11.0. The topological polar surface area (TPSA) is 83.5 Å². The lowest BCUT2D eigenvalue weighted by molar-refractivity contribution is -0.139. The van der Waals surface area contributed by atoms with Crippen LogP contribution in [0.15, 0.2) is 20.1 Å². The van der Waals surface area contributed by atoms with Gasteiger partial charge in [-0.2, -0.15) is 4.72 Å². The van der Waals surface area contributed by atoms with Crippen LogP contribution in [0.1, 0.15) is 26.2 Å². The van der Waals surface area contributed by atoms with Gasteiger partial charge in [0.1, 0.15) is 10.3 Å². The Morgan fingerprint density at radius 1 is 1.56 bits per heavy atom. The number of nitrogens with one attached hydrogen (secondary N) is 1. The van der Waals surface area contributed by atoms with Crippen molar-refractivity contribution >= 4 is 43.3 Å². The molecule has 1 heterocycles. The average Bonchev–Trinajstić information content (AvgIpc) is 2.71. The molecule has 0 aliphatic carbocycles. The lowest BCUT2D eigenvalue weighted by Gasteiger charge is -2.13. The number of carbonyl (C=O) groups is 1. The van der Waals surface area contributed by atoms with Crippen molar-refractivity contribution in [2.75, 3.05) is 0 Å². The fraction of sp³-hybridized carbons (Fsp3) is 0.500. The van der Waals surface area contributed by atoms with Crippen LogP contribution in [0.4, 0.5) is 0 Å². The van der Waals surface area contributed by atoms with Gasteiger partial charge in [-0.15, -0.1) is 11.3 Å². The van der Waals surface area contributed by atoms with E-state index < -0.39 is 22.0 Å². The Balaban J connectivity index is 2.82. The lowest BCUT2D eigenvalue weighted by Crippen LogP contribution is -2.40. The van der Waals surface area contributed by atoms with Crippen LogP contribution in [0.5, 0.6) is 0 Å². The first-order valence-corrected chi connectivity index (χ1v) is 8.46.